The van der Waals surface area contributed by atoms with Crippen molar-refractivity contribution in [1.29, 1.82) is 0 Å². The molecule has 2 N–H and O–H groups in total. The van der Waals surface area contributed by atoms with Crippen LogP contribution in [0.5, 0.6) is 0 Å². The van der Waals surface area contributed by atoms with Gasteiger partial charge >= 0.3 is 0 Å². The van der Waals surface area contributed by atoms with Crippen LogP contribution in [0.2, 0.25) is 0 Å². The standard InChI is InChI=1S/C14H18N4O2S/c1-3-16-14-5-4-13(10-17-14)21(19,20)18-11(2)12-6-8-15-9-7-12/h4-11,18H,3H2,1-2H3,(H,16,17). The monoisotopic (exact) mass is 306 g/mol. The molecule has 0 radical (unpaired) electrons. The van der Waals surface area contributed by atoms with E-state index in [-0.39, 0.29) is 10.9 Å². The van der Waals surface area contributed by atoms with Gasteiger partial charge in [0.25, 0.3) is 0 Å². The van der Waals surface area contributed by atoms with Crippen molar-refractivity contribution in [3.63, 3.8) is 0 Å². The molecule has 6 nitrogen and oxygen atoms in total. The molecule has 2 rings (SSSR count). The van der Waals surface area contributed by atoms with Gasteiger partial charge in [0.2, 0.25) is 10.0 Å². The van der Waals surface area contributed by atoms with E-state index in [4.69, 9.17) is 0 Å². The normalized spacial score (nSPS) is 12.9. The molecule has 0 aliphatic heterocycles. The maximum atomic E-state index is 12.3. The summed E-state index contributed by atoms with van der Waals surface area (Å²) in [6, 6.07) is 6.40. The third-order valence-corrected chi connectivity index (χ3v) is 4.47. The lowest BCUT2D eigenvalue weighted by atomic mass is 10.1. The Morgan fingerprint density at radius 2 is 1.90 bits per heavy atom. The number of rotatable bonds is 6. The van der Waals surface area contributed by atoms with Crippen molar-refractivity contribution in [2.24, 2.45) is 0 Å². The molecule has 0 spiro atoms. The molecule has 112 valence electrons. The van der Waals surface area contributed by atoms with E-state index in [2.05, 4.69) is 20.0 Å². The number of hydrogen-bond donors (Lipinski definition) is 2. The highest BCUT2D eigenvalue weighted by molar-refractivity contribution is 7.89. The largest absolute Gasteiger partial charge is 0.370 e. The Hall–Kier alpha value is -1.99. The Balaban J connectivity index is 2.14. The van der Waals surface area contributed by atoms with Crippen LogP contribution in [0.3, 0.4) is 0 Å². The fourth-order valence-corrected chi connectivity index (χ4v) is 3.02. The molecule has 0 aromatic carbocycles. The van der Waals surface area contributed by atoms with Crippen LogP contribution in [0, 0.1) is 0 Å². The first-order valence-electron chi connectivity index (χ1n) is 6.65. The number of aromatic nitrogens is 2. The van der Waals surface area contributed by atoms with Gasteiger partial charge in [-0.3, -0.25) is 4.98 Å². The molecular formula is C14H18N4O2S. The first-order chi connectivity index (χ1) is 10.0. The lowest BCUT2D eigenvalue weighted by Gasteiger charge is -2.14. The summed E-state index contributed by atoms with van der Waals surface area (Å²) in [5, 5.41) is 3.02. The van der Waals surface area contributed by atoms with Crippen LogP contribution in [0.25, 0.3) is 0 Å². The topological polar surface area (TPSA) is 84.0 Å². The van der Waals surface area contributed by atoms with Crippen molar-refractivity contribution in [3.05, 3.63) is 48.4 Å². The van der Waals surface area contributed by atoms with Crippen LogP contribution in [0.1, 0.15) is 25.5 Å². The van der Waals surface area contributed by atoms with Gasteiger partial charge in [0.05, 0.1) is 0 Å². The van der Waals surface area contributed by atoms with Gasteiger partial charge in [0.1, 0.15) is 10.7 Å². The Bertz CT molecular complexity index is 672. The van der Waals surface area contributed by atoms with E-state index in [1.807, 2.05) is 6.92 Å². The van der Waals surface area contributed by atoms with E-state index < -0.39 is 10.0 Å². The average Bonchev–Trinajstić information content (AvgIpc) is 2.48. The van der Waals surface area contributed by atoms with Gasteiger partial charge < -0.3 is 5.32 Å². The van der Waals surface area contributed by atoms with Gasteiger partial charge in [-0.15, -0.1) is 0 Å². The van der Waals surface area contributed by atoms with Crippen molar-refractivity contribution in [2.75, 3.05) is 11.9 Å². The minimum absolute atomic E-state index is 0.144. The summed E-state index contributed by atoms with van der Waals surface area (Å²) in [6.07, 6.45) is 4.61. The summed E-state index contributed by atoms with van der Waals surface area (Å²) >= 11 is 0. The summed E-state index contributed by atoms with van der Waals surface area (Å²) < 4.78 is 27.2. The predicted octanol–water partition coefficient (Wildman–Crippen LogP) is 1.95. The molecule has 1 unspecified atom stereocenters. The van der Waals surface area contributed by atoms with Gasteiger partial charge in [-0.1, -0.05) is 0 Å². The fraction of sp³-hybridized carbons (Fsp3) is 0.286. The second kappa shape index (κ2) is 6.64. The van der Waals surface area contributed by atoms with E-state index in [1.54, 1.807) is 37.5 Å². The average molecular weight is 306 g/mol. The quantitative estimate of drug-likeness (QED) is 0.852. The predicted molar refractivity (Wildman–Crippen MR) is 81.4 cm³/mol. The highest BCUT2D eigenvalue weighted by Gasteiger charge is 2.18. The van der Waals surface area contributed by atoms with E-state index in [0.29, 0.717) is 5.82 Å². The first-order valence-corrected chi connectivity index (χ1v) is 8.13. The number of anilines is 1. The number of pyridine rings is 2. The molecule has 0 fully saturated rings. The smallest absolute Gasteiger partial charge is 0.242 e. The maximum Gasteiger partial charge on any atom is 0.242 e. The zero-order chi connectivity index (χ0) is 15.3. The van der Waals surface area contributed by atoms with E-state index in [9.17, 15) is 8.42 Å². The molecule has 7 heteroatoms. The number of hydrogen-bond acceptors (Lipinski definition) is 5. The van der Waals surface area contributed by atoms with Crippen LogP contribution in [-0.2, 0) is 10.0 Å². The minimum Gasteiger partial charge on any atom is -0.370 e. The second-order valence-corrected chi connectivity index (χ2v) is 6.25. The van der Waals surface area contributed by atoms with Crippen molar-refractivity contribution in [1.82, 2.24) is 14.7 Å². The highest BCUT2D eigenvalue weighted by atomic mass is 32.2. The Morgan fingerprint density at radius 3 is 2.48 bits per heavy atom. The van der Waals surface area contributed by atoms with Crippen molar-refractivity contribution in [3.8, 4) is 0 Å². The van der Waals surface area contributed by atoms with E-state index in [0.717, 1.165) is 12.1 Å². The third kappa shape index (κ3) is 3.99. The van der Waals surface area contributed by atoms with Crippen molar-refractivity contribution in [2.45, 2.75) is 24.8 Å². The summed E-state index contributed by atoms with van der Waals surface area (Å²) in [5.74, 6) is 0.652. The Kier molecular flexibility index (Phi) is 4.87. The summed E-state index contributed by atoms with van der Waals surface area (Å²) in [7, 11) is -3.60. The lowest BCUT2D eigenvalue weighted by molar-refractivity contribution is 0.566. The summed E-state index contributed by atoms with van der Waals surface area (Å²) in [6.45, 7) is 4.47. The minimum atomic E-state index is -3.60. The Labute approximate surface area is 124 Å². The van der Waals surface area contributed by atoms with E-state index in [1.165, 1.54) is 12.3 Å². The summed E-state index contributed by atoms with van der Waals surface area (Å²) in [5.41, 5.74) is 0.853. The molecule has 2 heterocycles. The molecule has 0 saturated heterocycles. The molecule has 0 bridgehead atoms. The molecular weight excluding hydrogens is 288 g/mol. The van der Waals surface area contributed by atoms with Crippen molar-refractivity contribution >= 4 is 15.8 Å². The first kappa shape index (κ1) is 15.4. The highest BCUT2D eigenvalue weighted by Crippen LogP contribution is 2.16. The fourth-order valence-electron chi connectivity index (χ4n) is 1.85. The Morgan fingerprint density at radius 1 is 1.19 bits per heavy atom. The van der Waals surface area contributed by atoms with Gasteiger partial charge in [0, 0.05) is 31.2 Å². The number of sulfonamides is 1. The van der Waals surface area contributed by atoms with Crippen molar-refractivity contribution < 1.29 is 8.42 Å². The number of nitrogens with one attached hydrogen (secondary N) is 2. The van der Waals surface area contributed by atoms with Gasteiger partial charge in [-0.2, -0.15) is 0 Å². The van der Waals surface area contributed by atoms with Gasteiger partial charge in [-0.25, -0.2) is 18.1 Å². The molecule has 1 atom stereocenters. The van der Waals surface area contributed by atoms with Crippen LogP contribution in [-0.4, -0.2) is 24.9 Å². The SMILES string of the molecule is CCNc1ccc(S(=O)(=O)NC(C)c2ccncc2)cn1. The molecule has 0 saturated carbocycles. The van der Waals surface area contributed by atoms with E-state index >= 15 is 0 Å². The maximum absolute atomic E-state index is 12.3. The molecule has 21 heavy (non-hydrogen) atoms. The van der Waals surface area contributed by atoms with Crippen LogP contribution in [0.15, 0.2) is 47.8 Å². The van der Waals surface area contributed by atoms with Gasteiger partial charge in [0.15, 0.2) is 0 Å². The zero-order valence-corrected chi connectivity index (χ0v) is 12.8. The van der Waals surface area contributed by atoms with Gasteiger partial charge in [-0.05, 0) is 43.7 Å². The lowest BCUT2D eigenvalue weighted by Crippen LogP contribution is -2.27. The molecule has 0 aliphatic rings. The molecule has 2 aromatic rings. The molecule has 0 amide bonds. The molecule has 2 aromatic heterocycles. The van der Waals surface area contributed by atoms with Crippen LogP contribution in [0.4, 0.5) is 5.82 Å². The molecule has 0 aliphatic carbocycles. The number of nitrogens with zero attached hydrogens (tertiary/aromatic N) is 2. The zero-order valence-electron chi connectivity index (χ0n) is 11.9. The second-order valence-electron chi connectivity index (χ2n) is 4.53. The summed E-state index contributed by atoms with van der Waals surface area (Å²) in [4.78, 5) is 8.13. The third-order valence-electron chi connectivity index (χ3n) is 2.94. The van der Waals surface area contributed by atoms with Crippen LogP contribution < -0.4 is 10.0 Å². The van der Waals surface area contributed by atoms with Crippen LogP contribution >= 0.6 is 0 Å².